The van der Waals surface area contributed by atoms with E-state index in [1.54, 1.807) is 43.5 Å². The van der Waals surface area contributed by atoms with Crippen molar-refractivity contribution in [3.63, 3.8) is 0 Å². The van der Waals surface area contributed by atoms with Crippen LogP contribution < -0.4 is 14.2 Å². The highest BCUT2D eigenvalue weighted by Gasteiger charge is 2.06. The molecule has 0 atom stereocenters. The molecule has 0 saturated heterocycles. The Morgan fingerprint density at radius 2 is 1.58 bits per heavy atom. The summed E-state index contributed by atoms with van der Waals surface area (Å²) >= 11 is 0. The summed E-state index contributed by atoms with van der Waals surface area (Å²) in [6.07, 6.45) is 5.19. The Balaban J connectivity index is 2.19. The molecule has 138 valence electrons. The highest BCUT2D eigenvalue weighted by molar-refractivity contribution is 6.07. The van der Waals surface area contributed by atoms with Crippen LogP contribution in [0.3, 0.4) is 0 Å². The summed E-state index contributed by atoms with van der Waals surface area (Å²) < 4.78 is 16.6. The molecule has 0 fully saturated rings. The van der Waals surface area contributed by atoms with Crippen molar-refractivity contribution in [2.24, 2.45) is 0 Å². The number of ketones is 1. The van der Waals surface area contributed by atoms with Crippen molar-refractivity contribution in [1.29, 1.82) is 0 Å². The number of benzene rings is 2. The lowest BCUT2D eigenvalue weighted by molar-refractivity contribution is 0.104. The van der Waals surface area contributed by atoms with Crippen LogP contribution in [0.15, 0.2) is 48.5 Å². The lowest BCUT2D eigenvalue weighted by atomic mass is 10.1. The number of hydrogen-bond donors (Lipinski definition) is 0. The average molecular weight is 354 g/mol. The zero-order chi connectivity index (χ0) is 18.8. The molecule has 4 nitrogen and oxygen atoms in total. The van der Waals surface area contributed by atoms with Crippen LogP contribution in [0.25, 0.3) is 6.08 Å². The van der Waals surface area contributed by atoms with Gasteiger partial charge in [-0.15, -0.1) is 0 Å². The van der Waals surface area contributed by atoms with Crippen LogP contribution in [-0.4, -0.2) is 26.1 Å². The van der Waals surface area contributed by atoms with Gasteiger partial charge in [-0.2, -0.15) is 0 Å². The van der Waals surface area contributed by atoms with E-state index in [1.165, 1.54) is 0 Å². The van der Waals surface area contributed by atoms with E-state index in [9.17, 15) is 4.79 Å². The summed E-state index contributed by atoms with van der Waals surface area (Å²) in [7, 11) is 1.60. The van der Waals surface area contributed by atoms with Crippen LogP contribution in [-0.2, 0) is 0 Å². The number of methoxy groups -OCH3 is 1. The third-order valence-electron chi connectivity index (χ3n) is 3.70. The maximum absolute atomic E-state index is 12.4. The zero-order valence-corrected chi connectivity index (χ0v) is 15.7. The second-order valence-corrected chi connectivity index (χ2v) is 5.82. The van der Waals surface area contributed by atoms with Crippen LogP contribution in [0.2, 0.25) is 0 Å². The molecule has 0 saturated carbocycles. The van der Waals surface area contributed by atoms with Crippen LogP contribution in [0.4, 0.5) is 0 Å². The summed E-state index contributed by atoms with van der Waals surface area (Å²) in [4.78, 5) is 12.4. The minimum Gasteiger partial charge on any atom is -0.497 e. The second kappa shape index (κ2) is 10.3. The van der Waals surface area contributed by atoms with Gasteiger partial charge in [-0.05, 0) is 67.5 Å². The lowest BCUT2D eigenvalue weighted by Gasteiger charge is -2.11. The second-order valence-electron chi connectivity index (χ2n) is 5.82. The van der Waals surface area contributed by atoms with Crippen molar-refractivity contribution < 1.29 is 19.0 Å². The maximum atomic E-state index is 12.4. The first-order valence-corrected chi connectivity index (χ1v) is 8.94. The Kier molecular flexibility index (Phi) is 7.75. The van der Waals surface area contributed by atoms with Gasteiger partial charge in [0.15, 0.2) is 5.78 Å². The van der Waals surface area contributed by atoms with Crippen LogP contribution in [0, 0.1) is 0 Å². The van der Waals surface area contributed by atoms with Gasteiger partial charge in [-0.25, -0.2) is 0 Å². The first-order valence-electron chi connectivity index (χ1n) is 8.94. The van der Waals surface area contributed by atoms with Gasteiger partial charge in [-0.3, -0.25) is 4.79 Å². The summed E-state index contributed by atoms with van der Waals surface area (Å²) in [5.74, 6) is 2.16. The van der Waals surface area contributed by atoms with E-state index >= 15 is 0 Å². The molecule has 0 amide bonds. The molecule has 0 N–H and O–H groups in total. The third-order valence-corrected chi connectivity index (χ3v) is 3.70. The number of allylic oxidation sites excluding steroid dienone is 1. The Bertz CT molecular complexity index is 732. The zero-order valence-electron chi connectivity index (χ0n) is 15.7. The molecule has 0 unspecified atom stereocenters. The van der Waals surface area contributed by atoms with Gasteiger partial charge in [0.05, 0.1) is 20.3 Å². The standard InChI is InChI=1S/C22H26O4/c1-4-14-25-20-11-13-22(26-15-5-2)18(16-20)8-12-21(23)17-6-9-19(24-3)10-7-17/h6-13,16H,4-5,14-15H2,1-3H3/b12-8+. The lowest BCUT2D eigenvalue weighted by Crippen LogP contribution is -2.00. The fourth-order valence-corrected chi connectivity index (χ4v) is 2.33. The largest absolute Gasteiger partial charge is 0.497 e. The van der Waals surface area contributed by atoms with Gasteiger partial charge in [0, 0.05) is 11.1 Å². The Morgan fingerprint density at radius 3 is 2.23 bits per heavy atom. The molecule has 2 aromatic rings. The van der Waals surface area contributed by atoms with E-state index in [1.807, 2.05) is 18.2 Å². The summed E-state index contributed by atoms with van der Waals surface area (Å²) in [6, 6.07) is 12.7. The molecule has 0 heterocycles. The van der Waals surface area contributed by atoms with Crippen molar-refractivity contribution in [1.82, 2.24) is 0 Å². The van der Waals surface area contributed by atoms with Gasteiger partial charge in [0.1, 0.15) is 17.2 Å². The quantitative estimate of drug-likeness (QED) is 0.436. The van der Waals surface area contributed by atoms with Crippen LogP contribution in [0.5, 0.6) is 17.2 Å². The number of carbonyl (C=O) groups is 1. The van der Waals surface area contributed by atoms with Gasteiger partial charge >= 0.3 is 0 Å². The van der Waals surface area contributed by atoms with Crippen molar-refractivity contribution in [2.45, 2.75) is 26.7 Å². The van der Waals surface area contributed by atoms with E-state index in [0.717, 1.165) is 35.7 Å². The summed E-state index contributed by atoms with van der Waals surface area (Å²) in [6.45, 7) is 5.40. The fourth-order valence-electron chi connectivity index (χ4n) is 2.33. The van der Waals surface area contributed by atoms with Crippen molar-refractivity contribution in [2.75, 3.05) is 20.3 Å². The predicted molar refractivity (Wildman–Crippen MR) is 104 cm³/mol. The Morgan fingerprint density at radius 1 is 0.923 bits per heavy atom. The predicted octanol–water partition coefficient (Wildman–Crippen LogP) is 5.17. The van der Waals surface area contributed by atoms with Crippen molar-refractivity contribution in [3.05, 3.63) is 59.7 Å². The summed E-state index contributed by atoms with van der Waals surface area (Å²) in [5.41, 5.74) is 1.44. The highest BCUT2D eigenvalue weighted by Crippen LogP contribution is 2.26. The van der Waals surface area contributed by atoms with E-state index in [4.69, 9.17) is 14.2 Å². The van der Waals surface area contributed by atoms with Crippen molar-refractivity contribution >= 4 is 11.9 Å². The van der Waals surface area contributed by atoms with Gasteiger partial charge < -0.3 is 14.2 Å². The Labute approximate surface area is 155 Å². The van der Waals surface area contributed by atoms with E-state index in [2.05, 4.69) is 13.8 Å². The maximum Gasteiger partial charge on any atom is 0.185 e. The number of carbonyl (C=O) groups excluding carboxylic acids is 1. The first-order chi connectivity index (χ1) is 12.7. The average Bonchev–Trinajstić information content (AvgIpc) is 2.69. The molecule has 4 heteroatoms. The number of rotatable bonds is 10. The van der Waals surface area contributed by atoms with Crippen molar-refractivity contribution in [3.8, 4) is 17.2 Å². The first kappa shape index (κ1) is 19.6. The third kappa shape index (κ3) is 5.66. The Hall–Kier alpha value is -2.75. The molecule has 0 bridgehead atoms. The minimum absolute atomic E-state index is 0.0750. The normalized spacial score (nSPS) is 10.7. The molecule has 0 radical (unpaired) electrons. The van der Waals surface area contributed by atoms with Crippen LogP contribution in [0.1, 0.15) is 42.6 Å². The molecule has 0 aliphatic carbocycles. The van der Waals surface area contributed by atoms with Crippen LogP contribution >= 0.6 is 0 Å². The molecular weight excluding hydrogens is 328 g/mol. The molecule has 2 aromatic carbocycles. The summed E-state index contributed by atoms with van der Waals surface area (Å²) in [5, 5.41) is 0. The topological polar surface area (TPSA) is 44.8 Å². The van der Waals surface area contributed by atoms with Gasteiger partial charge in [0.2, 0.25) is 0 Å². The van der Waals surface area contributed by atoms with Gasteiger partial charge in [0.25, 0.3) is 0 Å². The molecule has 0 aliphatic rings. The number of ether oxygens (including phenoxy) is 3. The molecule has 0 spiro atoms. The molecule has 0 aromatic heterocycles. The molecular formula is C22H26O4. The smallest absolute Gasteiger partial charge is 0.185 e. The SMILES string of the molecule is CCCOc1ccc(OCCC)c(/C=C/C(=O)c2ccc(OC)cc2)c1. The highest BCUT2D eigenvalue weighted by atomic mass is 16.5. The van der Waals surface area contributed by atoms with Gasteiger partial charge in [-0.1, -0.05) is 13.8 Å². The minimum atomic E-state index is -0.0750. The molecule has 26 heavy (non-hydrogen) atoms. The molecule has 0 aliphatic heterocycles. The van der Waals surface area contributed by atoms with E-state index in [0.29, 0.717) is 18.8 Å². The number of hydrogen-bond acceptors (Lipinski definition) is 4. The van der Waals surface area contributed by atoms with E-state index < -0.39 is 0 Å². The van der Waals surface area contributed by atoms with E-state index in [-0.39, 0.29) is 5.78 Å². The fraction of sp³-hybridized carbons (Fsp3) is 0.318. The monoisotopic (exact) mass is 354 g/mol. The molecule has 2 rings (SSSR count).